The number of nitrogen functional groups attached to an aromatic ring is 1. The molecule has 2 fully saturated rings. The van der Waals surface area contributed by atoms with Gasteiger partial charge < -0.3 is 30.7 Å². The maximum absolute atomic E-state index is 14.1. The molecule has 2 saturated heterocycles. The van der Waals surface area contributed by atoms with Crippen LogP contribution >= 0.6 is 11.3 Å². The molecular formula is C31H33F2N5O5S. The van der Waals surface area contributed by atoms with E-state index >= 15 is 0 Å². The van der Waals surface area contributed by atoms with Crippen LogP contribution in [-0.2, 0) is 36.2 Å². The van der Waals surface area contributed by atoms with Gasteiger partial charge in [0.15, 0.2) is 5.79 Å². The first kappa shape index (κ1) is 31.2. The van der Waals surface area contributed by atoms with Gasteiger partial charge in [-0.3, -0.25) is 19.8 Å². The number of aryl methyl sites for hydroxylation is 1. The lowest BCUT2D eigenvalue weighted by atomic mass is 10.0. The monoisotopic (exact) mass is 625 g/mol. The Bertz CT molecular complexity index is 1570. The number of alkyl halides is 2. The summed E-state index contributed by atoms with van der Waals surface area (Å²) in [5.41, 5.74) is 8.70. The van der Waals surface area contributed by atoms with Crippen LogP contribution in [0.3, 0.4) is 0 Å². The molecule has 44 heavy (non-hydrogen) atoms. The van der Waals surface area contributed by atoms with Crippen molar-refractivity contribution in [2.45, 2.75) is 37.5 Å². The van der Waals surface area contributed by atoms with Crippen LogP contribution in [0.5, 0.6) is 0 Å². The molecule has 1 unspecified atom stereocenters. The fourth-order valence-corrected chi connectivity index (χ4v) is 6.53. The van der Waals surface area contributed by atoms with Crippen molar-refractivity contribution < 1.29 is 32.6 Å². The fraction of sp³-hybridized carbons (Fsp3) is 0.355. The van der Waals surface area contributed by atoms with Gasteiger partial charge in [0.25, 0.3) is 5.92 Å². The number of halogens is 2. The summed E-state index contributed by atoms with van der Waals surface area (Å²) < 4.78 is 39.4. The van der Waals surface area contributed by atoms with Gasteiger partial charge in [-0.15, -0.1) is 11.3 Å². The quantitative estimate of drug-likeness (QED) is 0.172. The van der Waals surface area contributed by atoms with Gasteiger partial charge in [0.2, 0.25) is 18.2 Å². The Morgan fingerprint density at radius 1 is 1.14 bits per heavy atom. The Labute approximate surface area is 257 Å². The van der Waals surface area contributed by atoms with E-state index in [1.54, 1.807) is 29.6 Å². The molecule has 5 N–H and O–H groups in total. The number of carbonyl (C=O) groups excluding carboxylic acids is 3. The van der Waals surface area contributed by atoms with Crippen LogP contribution in [0.25, 0.3) is 11.1 Å². The van der Waals surface area contributed by atoms with Gasteiger partial charge in [0.1, 0.15) is 11.9 Å². The maximum Gasteiger partial charge on any atom is 0.299 e. The van der Waals surface area contributed by atoms with Gasteiger partial charge in [-0.2, -0.15) is 8.78 Å². The first-order valence-electron chi connectivity index (χ1n) is 14.1. The van der Waals surface area contributed by atoms with Gasteiger partial charge in [-0.05, 0) is 30.5 Å². The zero-order valence-electron chi connectivity index (χ0n) is 24.0. The summed E-state index contributed by atoms with van der Waals surface area (Å²) in [4.78, 5) is 38.0. The molecule has 0 radical (unpaired) electrons. The molecule has 1 aliphatic carbocycles. The van der Waals surface area contributed by atoms with Gasteiger partial charge in [0, 0.05) is 39.9 Å². The van der Waals surface area contributed by atoms with E-state index in [2.05, 4.69) is 10.6 Å². The first-order chi connectivity index (χ1) is 21.0. The van der Waals surface area contributed by atoms with Crippen molar-refractivity contribution >= 4 is 35.4 Å². The summed E-state index contributed by atoms with van der Waals surface area (Å²) >= 11 is 1.47. The summed E-state index contributed by atoms with van der Waals surface area (Å²) in [6.07, 6.45) is 1.28. The second kappa shape index (κ2) is 12.8. The van der Waals surface area contributed by atoms with E-state index in [9.17, 15) is 23.2 Å². The molecule has 2 aliphatic heterocycles. The third-order valence-electron chi connectivity index (χ3n) is 7.77. The Balaban J connectivity index is 0.000000201. The number of likely N-dealkylation sites (tertiary alicyclic amines) is 1. The highest BCUT2D eigenvalue weighted by atomic mass is 32.1. The molecule has 1 atom stereocenters. The molecule has 1 spiro atoms. The fourth-order valence-electron chi connectivity index (χ4n) is 5.64. The van der Waals surface area contributed by atoms with Crippen LogP contribution in [0, 0.1) is 12.3 Å². The number of nitrogens with zero attached hydrogens (tertiary/aromatic N) is 1. The molecule has 3 aliphatic rings. The second-order valence-corrected chi connectivity index (χ2v) is 11.8. The first-order valence-corrected chi connectivity index (χ1v) is 15.0. The lowest BCUT2D eigenvalue weighted by Gasteiger charge is -2.24. The number of nitrogens with two attached hydrogens (primary N) is 1. The molecule has 10 nitrogen and oxygen atoms in total. The van der Waals surface area contributed by atoms with E-state index in [0.717, 1.165) is 10.4 Å². The summed E-state index contributed by atoms with van der Waals surface area (Å²) in [6, 6.07) is 12.9. The minimum Gasteiger partial charge on any atom is -0.384 e. The number of ether oxygens (including phenoxy) is 2. The summed E-state index contributed by atoms with van der Waals surface area (Å²) in [7, 11) is 0. The number of hydrogen-bond donors (Lipinski definition) is 4. The number of thiophene rings is 1. The smallest absolute Gasteiger partial charge is 0.299 e. The number of rotatable bonds is 8. The third kappa shape index (κ3) is 6.35. The van der Waals surface area contributed by atoms with Gasteiger partial charge in [-0.25, -0.2) is 0 Å². The number of nitrogens with one attached hydrogen (secondary N) is 3. The molecule has 3 amide bonds. The standard InChI is InChI=1S/C17H23N5O5S.C14H10F2/c18-15(19)11-5-12(28-8-11)1-2-21-16(25)13-6-17(26-3-4-27-17)9-22(13)14(24)7-20-10-23;1-9-6-7-13-11(8-9)10-4-2-3-5-12(10)14(13,15)16/h5,8,10,13H,1-4,6-7,9H2,(H3,18,19)(H,20,23)(H,21,25);2-8H,1H3. The van der Waals surface area contributed by atoms with E-state index in [-0.39, 0.29) is 48.3 Å². The molecule has 1 aromatic heterocycles. The van der Waals surface area contributed by atoms with Crippen LogP contribution in [0.4, 0.5) is 8.78 Å². The zero-order valence-corrected chi connectivity index (χ0v) is 24.8. The van der Waals surface area contributed by atoms with Crippen molar-refractivity contribution in [3.63, 3.8) is 0 Å². The number of carbonyl (C=O) groups is 3. The predicted octanol–water partition coefficient (Wildman–Crippen LogP) is 2.90. The lowest BCUT2D eigenvalue weighted by Crippen LogP contribution is -2.48. The average molecular weight is 626 g/mol. The number of amides is 3. The Morgan fingerprint density at radius 3 is 2.57 bits per heavy atom. The van der Waals surface area contributed by atoms with Crippen molar-refractivity contribution in [2.75, 3.05) is 32.8 Å². The normalized spacial score (nSPS) is 18.6. The number of fused-ring (bicyclic) bond motifs is 3. The molecule has 6 rings (SSSR count). The topological polar surface area (TPSA) is 147 Å². The Kier molecular flexibility index (Phi) is 9.09. The molecule has 0 bridgehead atoms. The number of amidine groups is 1. The van der Waals surface area contributed by atoms with Crippen molar-refractivity contribution in [3.05, 3.63) is 81.0 Å². The van der Waals surface area contributed by atoms with E-state index in [4.69, 9.17) is 20.6 Å². The zero-order chi connectivity index (χ0) is 31.5. The minimum absolute atomic E-state index is 0.0115. The minimum atomic E-state index is -2.85. The van der Waals surface area contributed by atoms with Crippen LogP contribution in [0.2, 0.25) is 0 Å². The Hall–Kier alpha value is -4.20. The molecule has 0 saturated carbocycles. The van der Waals surface area contributed by atoms with E-state index in [1.807, 2.05) is 19.1 Å². The van der Waals surface area contributed by atoms with Crippen LogP contribution < -0.4 is 16.4 Å². The van der Waals surface area contributed by atoms with Crippen LogP contribution in [0.1, 0.15) is 33.6 Å². The molecule has 3 aromatic rings. The largest absolute Gasteiger partial charge is 0.384 e. The van der Waals surface area contributed by atoms with Crippen molar-refractivity contribution in [1.82, 2.24) is 15.5 Å². The highest BCUT2D eigenvalue weighted by Gasteiger charge is 2.52. The number of benzene rings is 2. The van der Waals surface area contributed by atoms with Crippen LogP contribution in [-0.4, -0.2) is 73.6 Å². The van der Waals surface area contributed by atoms with E-state index in [1.165, 1.54) is 28.4 Å². The average Bonchev–Trinajstić information content (AvgIpc) is 3.79. The van der Waals surface area contributed by atoms with Crippen molar-refractivity contribution in [1.29, 1.82) is 5.41 Å². The van der Waals surface area contributed by atoms with Crippen molar-refractivity contribution in [2.24, 2.45) is 5.73 Å². The van der Waals surface area contributed by atoms with Gasteiger partial charge in [0.05, 0.1) is 26.3 Å². The van der Waals surface area contributed by atoms with Gasteiger partial charge in [-0.1, -0.05) is 48.0 Å². The predicted molar refractivity (Wildman–Crippen MR) is 160 cm³/mol. The summed E-state index contributed by atoms with van der Waals surface area (Å²) in [5.74, 6) is -4.45. The van der Waals surface area contributed by atoms with E-state index in [0.29, 0.717) is 49.3 Å². The van der Waals surface area contributed by atoms with E-state index < -0.39 is 17.8 Å². The summed E-state index contributed by atoms with van der Waals surface area (Å²) in [6.45, 7) is 3.10. The second-order valence-electron chi connectivity index (χ2n) is 10.8. The molecule has 13 heteroatoms. The number of hydrogen-bond acceptors (Lipinski definition) is 7. The molecular weight excluding hydrogens is 592 g/mol. The third-order valence-corrected chi connectivity index (χ3v) is 8.77. The highest BCUT2D eigenvalue weighted by molar-refractivity contribution is 7.10. The SMILES string of the molecule is Cc1ccc2c(c1)-c1ccccc1C2(F)F.N=C(N)c1csc(CCNC(=O)C2CC3(CN2C(=O)CNC=O)OCCO3)c1. The lowest BCUT2D eigenvalue weighted by molar-refractivity contribution is -0.152. The summed E-state index contributed by atoms with van der Waals surface area (Å²) in [5, 5.41) is 14.4. The molecule has 232 valence electrons. The molecule has 2 aromatic carbocycles. The highest BCUT2D eigenvalue weighted by Crippen LogP contribution is 2.50. The maximum atomic E-state index is 14.1. The molecule has 3 heterocycles. The Morgan fingerprint density at radius 2 is 1.86 bits per heavy atom. The van der Waals surface area contributed by atoms with Crippen molar-refractivity contribution in [3.8, 4) is 11.1 Å². The van der Waals surface area contributed by atoms with Crippen LogP contribution in [0.15, 0.2) is 53.9 Å². The van der Waals surface area contributed by atoms with Gasteiger partial charge >= 0.3 is 0 Å².